The van der Waals surface area contributed by atoms with Crippen molar-refractivity contribution in [2.24, 2.45) is 0 Å². The topological polar surface area (TPSA) is 21.3 Å². The molecule has 0 atom stereocenters. The molecule has 90 valence electrons. The standard InChI is InChI=1S/C16H15NO/c1-2-11-17-15-9-6-10-16(12-15)18-13-14-7-4-3-5-8-14/h1,3-10,12,17H,11,13H2. The summed E-state index contributed by atoms with van der Waals surface area (Å²) in [4.78, 5) is 0. The highest BCUT2D eigenvalue weighted by molar-refractivity contribution is 5.48. The van der Waals surface area contributed by atoms with Gasteiger partial charge in [0.05, 0.1) is 6.54 Å². The van der Waals surface area contributed by atoms with E-state index in [-0.39, 0.29) is 0 Å². The van der Waals surface area contributed by atoms with Gasteiger partial charge in [0.25, 0.3) is 0 Å². The Kier molecular flexibility index (Phi) is 4.27. The molecule has 2 aromatic rings. The Morgan fingerprint density at radius 2 is 1.89 bits per heavy atom. The van der Waals surface area contributed by atoms with Crippen molar-refractivity contribution in [3.8, 4) is 18.1 Å². The van der Waals surface area contributed by atoms with Crippen molar-refractivity contribution in [2.75, 3.05) is 11.9 Å². The Bertz CT molecular complexity index is 528. The summed E-state index contributed by atoms with van der Waals surface area (Å²) in [5, 5.41) is 3.12. The lowest BCUT2D eigenvalue weighted by Gasteiger charge is -2.08. The van der Waals surface area contributed by atoms with E-state index in [0.717, 1.165) is 17.0 Å². The molecule has 0 saturated heterocycles. The highest BCUT2D eigenvalue weighted by Gasteiger charge is 1.97. The number of benzene rings is 2. The van der Waals surface area contributed by atoms with E-state index < -0.39 is 0 Å². The summed E-state index contributed by atoms with van der Waals surface area (Å²) in [5.41, 5.74) is 2.12. The molecule has 0 saturated carbocycles. The lowest BCUT2D eigenvalue weighted by Crippen LogP contribution is -1.99. The maximum Gasteiger partial charge on any atom is 0.121 e. The van der Waals surface area contributed by atoms with Crippen LogP contribution in [0, 0.1) is 12.3 Å². The number of anilines is 1. The zero-order valence-corrected chi connectivity index (χ0v) is 10.1. The number of hydrogen-bond donors (Lipinski definition) is 1. The highest BCUT2D eigenvalue weighted by atomic mass is 16.5. The highest BCUT2D eigenvalue weighted by Crippen LogP contribution is 2.18. The van der Waals surface area contributed by atoms with Crippen LogP contribution in [0.2, 0.25) is 0 Å². The molecule has 0 spiro atoms. The van der Waals surface area contributed by atoms with Crippen molar-refractivity contribution in [3.05, 3.63) is 60.2 Å². The predicted octanol–water partition coefficient (Wildman–Crippen LogP) is 3.31. The van der Waals surface area contributed by atoms with E-state index in [2.05, 4.69) is 11.2 Å². The normalized spacial score (nSPS) is 9.50. The Balaban J connectivity index is 1.95. The van der Waals surface area contributed by atoms with Crippen molar-refractivity contribution in [1.29, 1.82) is 0 Å². The molecule has 0 aromatic heterocycles. The van der Waals surface area contributed by atoms with Gasteiger partial charge in [0, 0.05) is 11.8 Å². The molecule has 0 aliphatic rings. The zero-order chi connectivity index (χ0) is 12.6. The molecule has 0 heterocycles. The third-order valence-corrected chi connectivity index (χ3v) is 2.48. The second-order valence-electron chi connectivity index (χ2n) is 3.86. The fraction of sp³-hybridized carbons (Fsp3) is 0.125. The molecule has 0 fully saturated rings. The Labute approximate surface area is 108 Å². The molecule has 1 N–H and O–H groups in total. The van der Waals surface area contributed by atoms with Crippen LogP contribution in [0.5, 0.6) is 5.75 Å². The van der Waals surface area contributed by atoms with Gasteiger partial charge in [-0.05, 0) is 17.7 Å². The van der Waals surface area contributed by atoms with Crippen LogP contribution in [-0.4, -0.2) is 6.54 Å². The molecule has 2 nitrogen and oxygen atoms in total. The molecule has 2 rings (SSSR count). The van der Waals surface area contributed by atoms with Gasteiger partial charge in [-0.1, -0.05) is 42.3 Å². The smallest absolute Gasteiger partial charge is 0.121 e. The van der Waals surface area contributed by atoms with Gasteiger partial charge in [0.15, 0.2) is 0 Å². The van der Waals surface area contributed by atoms with Crippen molar-refractivity contribution in [2.45, 2.75) is 6.61 Å². The molecule has 0 unspecified atom stereocenters. The van der Waals surface area contributed by atoms with Crippen LogP contribution in [0.1, 0.15) is 5.56 Å². The SMILES string of the molecule is C#CCNc1cccc(OCc2ccccc2)c1. The van der Waals surface area contributed by atoms with Crippen LogP contribution in [0.15, 0.2) is 54.6 Å². The summed E-state index contributed by atoms with van der Waals surface area (Å²) in [6, 6.07) is 17.9. The number of ether oxygens (including phenoxy) is 1. The zero-order valence-electron chi connectivity index (χ0n) is 10.1. The first-order valence-electron chi connectivity index (χ1n) is 5.82. The molecule has 0 aliphatic heterocycles. The van der Waals surface area contributed by atoms with E-state index >= 15 is 0 Å². The third kappa shape index (κ3) is 3.57. The summed E-state index contributed by atoms with van der Waals surface area (Å²) in [7, 11) is 0. The van der Waals surface area contributed by atoms with Crippen LogP contribution < -0.4 is 10.1 Å². The van der Waals surface area contributed by atoms with Gasteiger partial charge in [-0.25, -0.2) is 0 Å². The summed E-state index contributed by atoms with van der Waals surface area (Å²) >= 11 is 0. The molecular formula is C16H15NO. The molecule has 2 heteroatoms. The maximum atomic E-state index is 5.72. The van der Waals surface area contributed by atoms with Gasteiger partial charge >= 0.3 is 0 Å². The number of rotatable bonds is 5. The molecule has 0 amide bonds. The number of terminal acetylenes is 1. The van der Waals surface area contributed by atoms with Gasteiger partial charge in [0.1, 0.15) is 12.4 Å². The summed E-state index contributed by atoms with van der Waals surface area (Å²) in [5.74, 6) is 3.38. The Morgan fingerprint density at radius 1 is 1.06 bits per heavy atom. The fourth-order valence-corrected chi connectivity index (χ4v) is 1.59. The summed E-state index contributed by atoms with van der Waals surface area (Å²) in [6.45, 7) is 1.08. The van der Waals surface area contributed by atoms with E-state index in [4.69, 9.17) is 11.2 Å². The minimum Gasteiger partial charge on any atom is -0.489 e. The second-order valence-corrected chi connectivity index (χ2v) is 3.86. The van der Waals surface area contributed by atoms with E-state index in [1.807, 2.05) is 54.6 Å². The van der Waals surface area contributed by atoms with Crippen molar-refractivity contribution >= 4 is 5.69 Å². The van der Waals surface area contributed by atoms with Crippen LogP contribution in [-0.2, 0) is 6.61 Å². The average molecular weight is 237 g/mol. The van der Waals surface area contributed by atoms with Crippen molar-refractivity contribution in [3.63, 3.8) is 0 Å². The largest absolute Gasteiger partial charge is 0.489 e. The quantitative estimate of drug-likeness (QED) is 0.805. The lowest BCUT2D eigenvalue weighted by molar-refractivity contribution is 0.306. The van der Waals surface area contributed by atoms with Crippen molar-refractivity contribution in [1.82, 2.24) is 0 Å². The Morgan fingerprint density at radius 3 is 2.67 bits per heavy atom. The fourth-order valence-electron chi connectivity index (χ4n) is 1.59. The molecule has 0 bridgehead atoms. The van der Waals surface area contributed by atoms with Gasteiger partial charge in [-0.15, -0.1) is 6.42 Å². The first kappa shape index (κ1) is 12.1. The molecule has 18 heavy (non-hydrogen) atoms. The van der Waals surface area contributed by atoms with Crippen LogP contribution in [0.3, 0.4) is 0 Å². The minimum atomic E-state index is 0.516. The predicted molar refractivity (Wildman–Crippen MR) is 74.5 cm³/mol. The first-order valence-corrected chi connectivity index (χ1v) is 5.82. The third-order valence-electron chi connectivity index (χ3n) is 2.48. The molecular weight excluding hydrogens is 222 g/mol. The molecule has 2 aromatic carbocycles. The second kappa shape index (κ2) is 6.36. The maximum absolute atomic E-state index is 5.72. The monoisotopic (exact) mass is 237 g/mol. The minimum absolute atomic E-state index is 0.516. The van der Waals surface area contributed by atoms with Crippen LogP contribution >= 0.6 is 0 Å². The average Bonchev–Trinajstić information content (AvgIpc) is 2.44. The van der Waals surface area contributed by atoms with Gasteiger partial charge < -0.3 is 10.1 Å². The van der Waals surface area contributed by atoms with E-state index in [0.29, 0.717) is 13.2 Å². The summed E-state index contributed by atoms with van der Waals surface area (Å²) in [6.07, 6.45) is 5.21. The van der Waals surface area contributed by atoms with Gasteiger partial charge in [0.2, 0.25) is 0 Å². The first-order chi connectivity index (χ1) is 8.88. The van der Waals surface area contributed by atoms with Crippen LogP contribution in [0.25, 0.3) is 0 Å². The molecule has 0 aliphatic carbocycles. The Hall–Kier alpha value is -2.40. The number of nitrogens with one attached hydrogen (secondary N) is 1. The van der Waals surface area contributed by atoms with Gasteiger partial charge in [-0.2, -0.15) is 0 Å². The summed E-state index contributed by atoms with van der Waals surface area (Å²) < 4.78 is 5.72. The number of hydrogen-bond acceptors (Lipinski definition) is 2. The van der Waals surface area contributed by atoms with E-state index in [9.17, 15) is 0 Å². The van der Waals surface area contributed by atoms with E-state index in [1.165, 1.54) is 0 Å². The van der Waals surface area contributed by atoms with Gasteiger partial charge in [-0.3, -0.25) is 0 Å². The van der Waals surface area contributed by atoms with Crippen molar-refractivity contribution < 1.29 is 4.74 Å². The lowest BCUT2D eigenvalue weighted by atomic mass is 10.2. The molecule has 0 radical (unpaired) electrons. The van der Waals surface area contributed by atoms with E-state index in [1.54, 1.807) is 0 Å². The van der Waals surface area contributed by atoms with Crippen LogP contribution in [0.4, 0.5) is 5.69 Å².